The average molecular weight is 374 g/mol. The van der Waals surface area contributed by atoms with Crippen molar-refractivity contribution in [1.82, 2.24) is 0 Å². The second-order valence-electron chi connectivity index (χ2n) is 4.71. The van der Waals surface area contributed by atoms with E-state index in [0.717, 1.165) is 6.07 Å². The molecule has 0 aromatic carbocycles. The van der Waals surface area contributed by atoms with E-state index in [2.05, 4.69) is 0 Å². The third kappa shape index (κ3) is 6.20. The Balaban J connectivity index is 5.09. The van der Waals surface area contributed by atoms with Crippen molar-refractivity contribution in [3.8, 4) is 6.07 Å². The summed E-state index contributed by atoms with van der Waals surface area (Å²) in [7, 11) is -4.74. The Morgan fingerprint density at radius 1 is 1.14 bits per heavy atom. The summed E-state index contributed by atoms with van der Waals surface area (Å²) in [5.41, 5.74) is 0. The lowest BCUT2D eigenvalue weighted by molar-refractivity contribution is -0.177. The molecule has 3 nitrogen and oxygen atoms in total. The monoisotopic (exact) mass is 373 g/mol. The topological polar surface area (TPSA) is 57.9 Å². The van der Waals surface area contributed by atoms with Gasteiger partial charge in [0.05, 0.1) is 18.1 Å². The van der Waals surface area contributed by atoms with E-state index in [9.17, 15) is 34.8 Å². The zero-order chi connectivity index (χ0) is 17.8. The quantitative estimate of drug-likeness (QED) is 0.497. The Bertz CT molecular complexity index is 510. The summed E-state index contributed by atoms with van der Waals surface area (Å²) >= 11 is 5.51. The van der Waals surface area contributed by atoms with E-state index in [0.29, 0.717) is 0 Å². The molecule has 11 heteroatoms. The molecule has 0 saturated carbocycles. The molecule has 2 unspecified atom stereocenters. The van der Waals surface area contributed by atoms with Gasteiger partial charge in [0.1, 0.15) is 6.07 Å². The standard InChI is InChI=1S/C11H14ClF6NO2S/c1-2-8(11(16,17)18)3-4-9(12,7-19)22(20,21)6-5-10(13,14)15/h8H,2-6H2,1H3. The molecule has 0 aliphatic rings. The molecule has 22 heavy (non-hydrogen) atoms. The van der Waals surface area contributed by atoms with E-state index in [1.165, 1.54) is 6.92 Å². The molecule has 0 aromatic rings. The molecule has 0 heterocycles. The van der Waals surface area contributed by atoms with E-state index >= 15 is 0 Å². The summed E-state index contributed by atoms with van der Waals surface area (Å²) in [5, 5.41) is 8.82. The first-order chi connectivity index (χ1) is 9.68. The lowest BCUT2D eigenvalue weighted by Gasteiger charge is -2.24. The third-order valence-electron chi connectivity index (χ3n) is 3.08. The highest BCUT2D eigenvalue weighted by atomic mass is 35.5. The van der Waals surface area contributed by atoms with Gasteiger partial charge in [0.15, 0.2) is 9.84 Å². The molecule has 0 bridgehead atoms. The van der Waals surface area contributed by atoms with Crippen LogP contribution < -0.4 is 0 Å². The van der Waals surface area contributed by atoms with Gasteiger partial charge in [-0.2, -0.15) is 31.6 Å². The van der Waals surface area contributed by atoms with Crippen LogP contribution in [-0.2, 0) is 9.84 Å². The van der Waals surface area contributed by atoms with E-state index < -0.39 is 57.3 Å². The van der Waals surface area contributed by atoms with Crippen molar-refractivity contribution >= 4 is 21.4 Å². The van der Waals surface area contributed by atoms with Crippen LogP contribution >= 0.6 is 11.6 Å². The van der Waals surface area contributed by atoms with Crippen LogP contribution in [0.1, 0.15) is 32.6 Å². The molecule has 0 rings (SSSR count). The SMILES string of the molecule is CCC(CCC(Cl)(C#N)S(=O)(=O)CCC(F)(F)F)C(F)(F)F. The van der Waals surface area contributed by atoms with Crippen molar-refractivity contribution < 1.29 is 34.8 Å². The number of hydrogen-bond acceptors (Lipinski definition) is 3. The van der Waals surface area contributed by atoms with Crippen LogP contribution in [-0.4, -0.2) is 30.7 Å². The summed E-state index contributed by atoms with van der Waals surface area (Å²) in [5.74, 6) is -3.33. The lowest BCUT2D eigenvalue weighted by Crippen LogP contribution is -2.36. The smallest absolute Gasteiger partial charge is 0.226 e. The summed E-state index contributed by atoms with van der Waals surface area (Å²) in [6, 6.07) is 1.13. The van der Waals surface area contributed by atoms with E-state index in [-0.39, 0.29) is 6.42 Å². The van der Waals surface area contributed by atoms with Gasteiger partial charge in [-0.05, 0) is 19.3 Å². The number of halogens is 7. The van der Waals surface area contributed by atoms with Gasteiger partial charge in [0.2, 0.25) is 4.21 Å². The zero-order valence-corrected chi connectivity index (χ0v) is 13.0. The maximum Gasteiger partial charge on any atom is 0.391 e. The molecule has 130 valence electrons. The Morgan fingerprint density at radius 3 is 1.95 bits per heavy atom. The molecule has 0 N–H and O–H groups in total. The minimum absolute atomic E-state index is 0.357. The van der Waals surface area contributed by atoms with Crippen molar-refractivity contribution in [2.24, 2.45) is 5.92 Å². The van der Waals surface area contributed by atoms with Crippen LogP contribution in [0.5, 0.6) is 0 Å². The van der Waals surface area contributed by atoms with Crippen molar-refractivity contribution in [3.05, 3.63) is 0 Å². The van der Waals surface area contributed by atoms with Crippen molar-refractivity contribution in [2.75, 3.05) is 5.75 Å². The predicted octanol–water partition coefficient (Wildman–Crippen LogP) is 4.18. The molecule has 0 saturated heterocycles. The van der Waals surface area contributed by atoms with Gasteiger partial charge in [-0.15, -0.1) is 0 Å². The summed E-state index contributed by atoms with van der Waals surface area (Å²) < 4.78 is 94.6. The molecule has 0 amide bonds. The van der Waals surface area contributed by atoms with Gasteiger partial charge >= 0.3 is 12.4 Å². The predicted molar refractivity (Wildman–Crippen MR) is 67.7 cm³/mol. The van der Waals surface area contributed by atoms with Gasteiger partial charge in [-0.1, -0.05) is 18.5 Å². The first-order valence-electron chi connectivity index (χ1n) is 6.14. The van der Waals surface area contributed by atoms with Crippen molar-refractivity contribution in [3.63, 3.8) is 0 Å². The largest absolute Gasteiger partial charge is 0.391 e. The number of alkyl halides is 7. The van der Waals surface area contributed by atoms with E-state index in [1.807, 2.05) is 0 Å². The maximum atomic E-state index is 12.6. The fourth-order valence-corrected chi connectivity index (χ4v) is 3.38. The highest BCUT2D eigenvalue weighted by molar-refractivity contribution is 7.94. The average Bonchev–Trinajstić information content (AvgIpc) is 2.34. The second-order valence-corrected chi connectivity index (χ2v) is 7.91. The van der Waals surface area contributed by atoms with Gasteiger partial charge in [-0.25, -0.2) is 8.42 Å². The summed E-state index contributed by atoms with van der Waals surface area (Å²) in [6.45, 7) is 1.22. The first-order valence-corrected chi connectivity index (χ1v) is 8.17. The number of nitrogens with zero attached hydrogens (tertiary/aromatic N) is 1. The lowest BCUT2D eigenvalue weighted by atomic mass is 9.98. The molecule has 0 aliphatic carbocycles. The fourth-order valence-electron chi connectivity index (χ4n) is 1.65. The Morgan fingerprint density at radius 2 is 1.64 bits per heavy atom. The number of hydrogen-bond donors (Lipinski definition) is 0. The first kappa shape index (κ1) is 21.3. The number of nitriles is 1. The molecule has 0 aromatic heterocycles. The second kappa shape index (κ2) is 7.25. The molecular formula is C11H14ClF6NO2S. The van der Waals surface area contributed by atoms with Gasteiger partial charge in [0, 0.05) is 0 Å². The Labute approximate surface area is 129 Å². The molecule has 2 atom stereocenters. The highest BCUT2D eigenvalue weighted by Crippen LogP contribution is 2.38. The summed E-state index contributed by atoms with van der Waals surface area (Å²) in [6.07, 6.45) is -13.1. The van der Waals surface area contributed by atoms with Crippen LogP contribution in [0.3, 0.4) is 0 Å². The molecule has 0 spiro atoms. The van der Waals surface area contributed by atoms with E-state index in [4.69, 9.17) is 16.9 Å². The van der Waals surface area contributed by atoms with Crippen LogP contribution in [0, 0.1) is 17.2 Å². The zero-order valence-electron chi connectivity index (χ0n) is 11.4. The Kier molecular flexibility index (Phi) is 7.03. The highest BCUT2D eigenvalue weighted by Gasteiger charge is 2.46. The van der Waals surface area contributed by atoms with Gasteiger partial charge in [-0.3, -0.25) is 0 Å². The molecule has 0 aliphatic heterocycles. The normalized spacial score (nSPS) is 17.6. The van der Waals surface area contributed by atoms with Crippen LogP contribution in [0.4, 0.5) is 26.3 Å². The number of sulfone groups is 1. The minimum Gasteiger partial charge on any atom is -0.226 e. The van der Waals surface area contributed by atoms with Crippen molar-refractivity contribution in [2.45, 2.75) is 49.2 Å². The molecular weight excluding hydrogens is 360 g/mol. The minimum atomic E-state index is -4.78. The van der Waals surface area contributed by atoms with Gasteiger partial charge < -0.3 is 0 Å². The summed E-state index contributed by atoms with van der Waals surface area (Å²) in [4.78, 5) is 0. The van der Waals surface area contributed by atoms with Crippen LogP contribution in [0.15, 0.2) is 0 Å². The van der Waals surface area contributed by atoms with Gasteiger partial charge in [0.25, 0.3) is 0 Å². The number of rotatable bonds is 7. The van der Waals surface area contributed by atoms with Crippen LogP contribution in [0.25, 0.3) is 0 Å². The maximum absolute atomic E-state index is 12.6. The molecule has 0 radical (unpaired) electrons. The van der Waals surface area contributed by atoms with E-state index in [1.54, 1.807) is 0 Å². The van der Waals surface area contributed by atoms with Crippen LogP contribution in [0.2, 0.25) is 0 Å². The third-order valence-corrected chi connectivity index (χ3v) is 6.09. The van der Waals surface area contributed by atoms with Crippen molar-refractivity contribution in [1.29, 1.82) is 5.26 Å². The Hall–Kier alpha value is -0.690. The molecule has 0 fully saturated rings. The fraction of sp³-hybridized carbons (Fsp3) is 0.909.